The second-order valence-corrected chi connectivity index (χ2v) is 5.62. The number of aromatic nitrogens is 3. The van der Waals surface area contributed by atoms with Crippen LogP contribution < -0.4 is 0 Å². The molecule has 1 aliphatic rings. The van der Waals surface area contributed by atoms with E-state index >= 15 is 0 Å². The van der Waals surface area contributed by atoms with Crippen molar-refractivity contribution in [2.45, 2.75) is 32.7 Å². The predicted molar refractivity (Wildman–Crippen MR) is 82.0 cm³/mol. The van der Waals surface area contributed by atoms with Crippen LogP contribution in [0.3, 0.4) is 0 Å². The maximum atomic E-state index is 12.7. The largest absolute Gasteiger partial charge is 0.438 e. The fourth-order valence-electron chi connectivity index (χ4n) is 2.78. The van der Waals surface area contributed by atoms with E-state index in [9.17, 15) is 4.79 Å². The van der Waals surface area contributed by atoms with Gasteiger partial charge in [0, 0.05) is 18.9 Å². The molecular weight excluding hydrogens is 296 g/mol. The SMILES string of the molecule is Cc1nccnc1CC[C@@H]1COCCN1C(=O)c1ocnc1C. The van der Waals surface area contributed by atoms with Crippen molar-refractivity contribution in [3.63, 3.8) is 0 Å². The molecule has 7 nitrogen and oxygen atoms in total. The van der Waals surface area contributed by atoms with Gasteiger partial charge in [0.1, 0.15) is 0 Å². The summed E-state index contributed by atoms with van der Waals surface area (Å²) in [5.41, 5.74) is 2.50. The first-order valence-corrected chi connectivity index (χ1v) is 7.72. The number of morpholine rings is 1. The highest BCUT2D eigenvalue weighted by atomic mass is 16.5. The maximum Gasteiger partial charge on any atom is 0.291 e. The Morgan fingerprint density at radius 3 is 2.83 bits per heavy atom. The molecule has 23 heavy (non-hydrogen) atoms. The normalized spacial score (nSPS) is 18.2. The molecule has 0 bridgehead atoms. The van der Waals surface area contributed by atoms with Crippen LogP contribution >= 0.6 is 0 Å². The van der Waals surface area contributed by atoms with Crippen molar-refractivity contribution < 1.29 is 13.9 Å². The number of hydrogen-bond donors (Lipinski definition) is 0. The molecule has 0 radical (unpaired) electrons. The zero-order chi connectivity index (χ0) is 16.2. The van der Waals surface area contributed by atoms with Crippen molar-refractivity contribution in [2.24, 2.45) is 0 Å². The lowest BCUT2D eigenvalue weighted by molar-refractivity contribution is -0.00571. The zero-order valence-electron chi connectivity index (χ0n) is 13.4. The van der Waals surface area contributed by atoms with E-state index in [2.05, 4.69) is 15.0 Å². The molecule has 0 spiro atoms. The van der Waals surface area contributed by atoms with Gasteiger partial charge in [-0.15, -0.1) is 0 Å². The summed E-state index contributed by atoms with van der Waals surface area (Å²) in [4.78, 5) is 27.1. The summed E-state index contributed by atoms with van der Waals surface area (Å²) in [5, 5.41) is 0. The molecule has 0 aromatic carbocycles. The van der Waals surface area contributed by atoms with E-state index in [1.807, 2.05) is 11.8 Å². The predicted octanol–water partition coefficient (Wildman–Crippen LogP) is 1.56. The molecular formula is C16H20N4O3. The van der Waals surface area contributed by atoms with Gasteiger partial charge in [-0.05, 0) is 26.7 Å². The minimum Gasteiger partial charge on any atom is -0.438 e. The number of aryl methyl sites for hydroxylation is 3. The third-order valence-electron chi connectivity index (χ3n) is 4.13. The summed E-state index contributed by atoms with van der Waals surface area (Å²) in [6.45, 7) is 5.34. The summed E-state index contributed by atoms with van der Waals surface area (Å²) in [6.07, 6.45) is 6.22. The molecule has 0 saturated carbocycles. The molecule has 3 rings (SSSR count). The van der Waals surface area contributed by atoms with E-state index in [0.717, 1.165) is 24.2 Å². The van der Waals surface area contributed by atoms with Gasteiger partial charge in [-0.1, -0.05) is 0 Å². The number of nitrogens with zero attached hydrogens (tertiary/aromatic N) is 4. The van der Waals surface area contributed by atoms with Gasteiger partial charge in [0.05, 0.1) is 36.3 Å². The van der Waals surface area contributed by atoms with Crippen LogP contribution in [-0.4, -0.2) is 51.6 Å². The molecule has 1 atom stereocenters. The molecule has 0 N–H and O–H groups in total. The van der Waals surface area contributed by atoms with Crippen LogP contribution in [0.1, 0.15) is 34.1 Å². The van der Waals surface area contributed by atoms with Gasteiger partial charge in [0.2, 0.25) is 5.76 Å². The first-order chi connectivity index (χ1) is 11.2. The van der Waals surface area contributed by atoms with E-state index in [4.69, 9.17) is 9.15 Å². The number of carbonyl (C=O) groups excluding carboxylic acids is 1. The van der Waals surface area contributed by atoms with Gasteiger partial charge >= 0.3 is 0 Å². The van der Waals surface area contributed by atoms with Crippen molar-refractivity contribution in [1.82, 2.24) is 19.9 Å². The maximum absolute atomic E-state index is 12.7. The average Bonchev–Trinajstić information content (AvgIpc) is 3.00. The standard InChI is InChI=1S/C16H20N4O3/c1-11-14(18-6-5-17-11)4-3-13-9-22-8-7-20(13)16(21)15-12(2)19-10-23-15/h5-6,10,13H,3-4,7-9H2,1-2H3/t13-/m1/s1. The number of amides is 1. The second kappa shape index (κ2) is 6.87. The summed E-state index contributed by atoms with van der Waals surface area (Å²) >= 11 is 0. The fraction of sp³-hybridized carbons (Fsp3) is 0.500. The molecule has 2 aromatic rings. The number of rotatable bonds is 4. The highest BCUT2D eigenvalue weighted by Gasteiger charge is 2.30. The van der Waals surface area contributed by atoms with Crippen molar-refractivity contribution >= 4 is 5.91 Å². The Morgan fingerprint density at radius 2 is 2.09 bits per heavy atom. The first kappa shape index (κ1) is 15.6. The first-order valence-electron chi connectivity index (χ1n) is 7.72. The smallest absolute Gasteiger partial charge is 0.291 e. The minimum atomic E-state index is -0.121. The van der Waals surface area contributed by atoms with Crippen molar-refractivity contribution in [1.29, 1.82) is 0 Å². The van der Waals surface area contributed by atoms with Crippen molar-refractivity contribution in [3.8, 4) is 0 Å². The van der Waals surface area contributed by atoms with Crippen LogP contribution in [0.4, 0.5) is 0 Å². The Kier molecular flexibility index (Phi) is 4.66. The Hall–Kier alpha value is -2.28. The van der Waals surface area contributed by atoms with Gasteiger partial charge in [-0.3, -0.25) is 14.8 Å². The van der Waals surface area contributed by atoms with Gasteiger partial charge in [-0.25, -0.2) is 4.98 Å². The van der Waals surface area contributed by atoms with Crippen LogP contribution in [-0.2, 0) is 11.2 Å². The molecule has 1 fully saturated rings. The van der Waals surface area contributed by atoms with Crippen molar-refractivity contribution in [2.75, 3.05) is 19.8 Å². The van der Waals surface area contributed by atoms with Crippen LogP contribution in [0, 0.1) is 13.8 Å². The molecule has 2 aromatic heterocycles. The van der Waals surface area contributed by atoms with Crippen LogP contribution in [0.5, 0.6) is 0 Å². The van der Waals surface area contributed by atoms with Crippen molar-refractivity contribution in [3.05, 3.63) is 41.6 Å². The molecule has 0 aliphatic carbocycles. The molecule has 3 heterocycles. The van der Waals surface area contributed by atoms with Crippen LogP contribution in [0.25, 0.3) is 0 Å². The molecule has 1 amide bonds. The van der Waals surface area contributed by atoms with E-state index in [1.54, 1.807) is 19.3 Å². The lowest BCUT2D eigenvalue weighted by atomic mass is 10.1. The highest BCUT2D eigenvalue weighted by Crippen LogP contribution is 2.18. The Balaban J connectivity index is 1.70. The lowest BCUT2D eigenvalue weighted by Gasteiger charge is -2.35. The quantitative estimate of drug-likeness (QED) is 0.851. The second-order valence-electron chi connectivity index (χ2n) is 5.62. The molecule has 122 valence electrons. The van der Waals surface area contributed by atoms with Crippen LogP contribution in [0.2, 0.25) is 0 Å². The van der Waals surface area contributed by atoms with Gasteiger partial charge < -0.3 is 14.1 Å². The number of oxazole rings is 1. The molecule has 0 unspecified atom stereocenters. The van der Waals surface area contributed by atoms with Gasteiger partial charge in [-0.2, -0.15) is 0 Å². The average molecular weight is 316 g/mol. The molecule has 7 heteroatoms. The topological polar surface area (TPSA) is 81.4 Å². The third kappa shape index (κ3) is 3.39. The fourth-order valence-corrected chi connectivity index (χ4v) is 2.78. The summed E-state index contributed by atoms with van der Waals surface area (Å²) in [7, 11) is 0. The Morgan fingerprint density at radius 1 is 1.26 bits per heavy atom. The number of ether oxygens (including phenoxy) is 1. The summed E-state index contributed by atoms with van der Waals surface area (Å²) < 4.78 is 10.8. The number of carbonyl (C=O) groups is 1. The summed E-state index contributed by atoms with van der Waals surface area (Å²) in [6, 6.07) is 0.00200. The van der Waals surface area contributed by atoms with E-state index in [1.165, 1.54) is 6.39 Å². The Bertz CT molecular complexity index is 685. The lowest BCUT2D eigenvalue weighted by Crippen LogP contribution is -2.49. The zero-order valence-corrected chi connectivity index (χ0v) is 13.4. The molecule has 1 aliphatic heterocycles. The van der Waals surface area contributed by atoms with Gasteiger partial charge in [0.25, 0.3) is 5.91 Å². The monoisotopic (exact) mass is 316 g/mol. The van der Waals surface area contributed by atoms with E-state index < -0.39 is 0 Å². The number of hydrogen-bond acceptors (Lipinski definition) is 6. The third-order valence-corrected chi connectivity index (χ3v) is 4.13. The van der Waals surface area contributed by atoms with E-state index in [0.29, 0.717) is 31.2 Å². The minimum absolute atomic E-state index is 0.00200. The highest BCUT2D eigenvalue weighted by molar-refractivity contribution is 5.92. The van der Waals surface area contributed by atoms with Crippen LogP contribution in [0.15, 0.2) is 23.2 Å². The molecule has 1 saturated heterocycles. The van der Waals surface area contributed by atoms with E-state index in [-0.39, 0.29) is 11.9 Å². The Labute approximate surface area is 134 Å². The summed E-state index contributed by atoms with van der Waals surface area (Å²) in [5.74, 6) is 0.191. The van der Waals surface area contributed by atoms with Gasteiger partial charge in [0.15, 0.2) is 6.39 Å².